The van der Waals surface area contributed by atoms with Crippen molar-refractivity contribution in [2.24, 2.45) is 5.41 Å². The maximum absolute atomic E-state index is 11.0. The number of carboxylic acid groups (broad SMARTS) is 1. The third-order valence-corrected chi connectivity index (χ3v) is 4.35. The van der Waals surface area contributed by atoms with Crippen LogP contribution in [0.15, 0.2) is 5.51 Å². The quantitative estimate of drug-likeness (QED) is 0.745. The lowest BCUT2D eigenvalue weighted by molar-refractivity contribution is -0.147. The van der Waals surface area contributed by atoms with Crippen molar-refractivity contribution in [3.05, 3.63) is 16.1 Å². The van der Waals surface area contributed by atoms with Gasteiger partial charge in [-0.05, 0) is 47.2 Å². The van der Waals surface area contributed by atoms with Gasteiger partial charge in [-0.2, -0.15) is 0 Å². The van der Waals surface area contributed by atoms with Crippen LogP contribution in [0.1, 0.15) is 43.7 Å². The molecule has 0 aliphatic heterocycles. The molecule has 4 nitrogen and oxygen atoms in total. The van der Waals surface area contributed by atoms with Crippen LogP contribution in [0.25, 0.3) is 0 Å². The highest BCUT2D eigenvalue weighted by Gasteiger charge is 2.25. The summed E-state index contributed by atoms with van der Waals surface area (Å²) in [5, 5.41) is 9.04. The van der Waals surface area contributed by atoms with Gasteiger partial charge in [0.25, 0.3) is 0 Å². The zero-order valence-corrected chi connectivity index (χ0v) is 13.1. The minimum Gasteiger partial charge on any atom is -0.481 e. The molecule has 0 unspecified atom stereocenters. The second kappa shape index (κ2) is 7.01. The summed E-state index contributed by atoms with van der Waals surface area (Å²) in [7, 11) is 2.10. The van der Waals surface area contributed by atoms with Crippen LogP contribution in [-0.4, -0.2) is 34.6 Å². The normalized spacial score (nSPS) is 12.1. The van der Waals surface area contributed by atoms with Crippen LogP contribution in [0.3, 0.4) is 0 Å². The maximum atomic E-state index is 11.0. The first-order valence-corrected chi connectivity index (χ1v) is 7.52. The van der Waals surface area contributed by atoms with E-state index in [1.165, 1.54) is 4.88 Å². The van der Waals surface area contributed by atoms with Gasteiger partial charge in [0.1, 0.15) is 0 Å². The van der Waals surface area contributed by atoms with Crippen LogP contribution >= 0.6 is 11.3 Å². The Bertz CT molecular complexity index is 415. The molecule has 0 fully saturated rings. The number of nitrogens with zero attached hydrogens (tertiary/aromatic N) is 2. The highest BCUT2D eigenvalue weighted by Crippen LogP contribution is 2.23. The topological polar surface area (TPSA) is 53.4 Å². The fourth-order valence-electron chi connectivity index (χ4n) is 1.86. The molecule has 0 saturated heterocycles. The van der Waals surface area contributed by atoms with Crippen LogP contribution in [0.2, 0.25) is 0 Å². The van der Waals surface area contributed by atoms with E-state index in [9.17, 15) is 4.79 Å². The number of carbonyl (C=O) groups is 1. The van der Waals surface area contributed by atoms with E-state index in [1.54, 1.807) is 25.2 Å². The van der Waals surface area contributed by atoms with Crippen molar-refractivity contribution in [2.75, 3.05) is 13.6 Å². The molecule has 1 heterocycles. The number of carboxylic acids is 1. The third-order valence-electron chi connectivity index (χ3n) is 3.43. The number of aromatic nitrogens is 1. The highest BCUT2D eigenvalue weighted by molar-refractivity contribution is 7.09. The van der Waals surface area contributed by atoms with E-state index < -0.39 is 11.4 Å². The lowest BCUT2D eigenvalue weighted by atomic mass is 9.87. The van der Waals surface area contributed by atoms with Gasteiger partial charge in [-0.3, -0.25) is 4.79 Å². The van der Waals surface area contributed by atoms with Crippen molar-refractivity contribution < 1.29 is 9.90 Å². The lowest BCUT2D eigenvalue weighted by Gasteiger charge is -2.20. The zero-order chi connectivity index (χ0) is 14.5. The molecule has 108 valence electrons. The molecule has 1 N–H and O–H groups in total. The van der Waals surface area contributed by atoms with Crippen molar-refractivity contribution in [1.82, 2.24) is 9.88 Å². The molecular weight excluding hydrogens is 260 g/mol. The molecule has 0 spiro atoms. The van der Waals surface area contributed by atoms with Crippen molar-refractivity contribution >= 4 is 17.3 Å². The van der Waals surface area contributed by atoms with E-state index in [-0.39, 0.29) is 0 Å². The Morgan fingerprint density at radius 2 is 2.16 bits per heavy atom. The fraction of sp³-hybridized carbons (Fsp3) is 0.714. The Morgan fingerprint density at radius 3 is 2.68 bits per heavy atom. The summed E-state index contributed by atoms with van der Waals surface area (Å²) in [6.45, 7) is 7.54. The zero-order valence-electron chi connectivity index (χ0n) is 12.3. The Hall–Kier alpha value is -0.940. The monoisotopic (exact) mass is 284 g/mol. The number of hydrogen-bond acceptors (Lipinski definition) is 4. The smallest absolute Gasteiger partial charge is 0.309 e. The van der Waals surface area contributed by atoms with E-state index in [1.807, 2.05) is 12.4 Å². The van der Waals surface area contributed by atoms with E-state index in [2.05, 4.69) is 16.9 Å². The summed E-state index contributed by atoms with van der Waals surface area (Å²) in [5.41, 5.74) is 2.39. The highest BCUT2D eigenvalue weighted by atomic mass is 32.1. The van der Waals surface area contributed by atoms with Gasteiger partial charge in [-0.25, -0.2) is 4.98 Å². The molecule has 0 radical (unpaired) electrons. The molecule has 0 aliphatic rings. The van der Waals surface area contributed by atoms with Gasteiger partial charge in [0, 0.05) is 11.4 Å². The SMILES string of the molecule is Cc1ncsc1CN(C)CCCCC(C)(C)C(=O)O. The van der Waals surface area contributed by atoms with Gasteiger partial charge in [-0.15, -0.1) is 11.3 Å². The van der Waals surface area contributed by atoms with Gasteiger partial charge in [0.15, 0.2) is 0 Å². The Balaban J connectivity index is 2.23. The van der Waals surface area contributed by atoms with E-state index >= 15 is 0 Å². The maximum Gasteiger partial charge on any atom is 0.309 e. The molecule has 19 heavy (non-hydrogen) atoms. The number of rotatable bonds is 8. The molecule has 1 aromatic rings. The molecule has 0 amide bonds. The van der Waals surface area contributed by atoms with Crippen molar-refractivity contribution in [3.63, 3.8) is 0 Å². The molecule has 1 aromatic heterocycles. The van der Waals surface area contributed by atoms with Gasteiger partial charge < -0.3 is 10.0 Å². The van der Waals surface area contributed by atoms with Gasteiger partial charge >= 0.3 is 5.97 Å². The molecular formula is C14H24N2O2S. The molecule has 0 saturated carbocycles. The summed E-state index contributed by atoms with van der Waals surface area (Å²) >= 11 is 1.69. The average molecular weight is 284 g/mol. The molecule has 0 bridgehead atoms. The first-order valence-electron chi connectivity index (χ1n) is 6.64. The van der Waals surface area contributed by atoms with E-state index in [0.717, 1.165) is 38.0 Å². The Labute approximate surface area is 119 Å². The molecule has 0 aromatic carbocycles. The van der Waals surface area contributed by atoms with Gasteiger partial charge in [0.2, 0.25) is 0 Å². The number of unbranched alkanes of at least 4 members (excludes halogenated alkanes) is 1. The van der Waals surface area contributed by atoms with E-state index in [0.29, 0.717) is 0 Å². The van der Waals surface area contributed by atoms with Crippen LogP contribution in [0, 0.1) is 12.3 Å². The molecule has 0 aliphatic carbocycles. The number of aryl methyl sites for hydroxylation is 1. The fourth-order valence-corrected chi connectivity index (χ4v) is 2.71. The van der Waals surface area contributed by atoms with Crippen LogP contribution in [0.5, 0.6) is 0 Å². The summed E-state index contributed by atoms with van der Waals surface area (Å²) in [4.78, 5) is 18.8. The number of aliphatic carboxylic acids is 1. The second-order valence-corrected chi connectivity index (χ2v) is 6.68. The lowest BCUT2D eigenvalue weighted by Crippen LogP contribution is -2.24. The standard InChI is InChI=1S/C14H24N2O2S/c1-11-12(19-10-15-11)9-16(4)8-6-5-7-14(2,3)13(17)18/h10H,5-9H2,1-4H3,(H,17,18). The van der Waals surface area contributed by atoms with Gasteiger partial charge in [-0.1, -0.05) is 6.42 Å². The second-order valence-electron chi connectivity index (χ2n) is 5.74. The number of thiazole rings is 1. The molecule has 0 atom stereocenters. The Morgan fingerprint density at radius 1 is 1.47 bits per heavy atom. The number of hydrogen-bond donors (Lipinski definition) is 1. The van der Waals surface area contributed by atoms with Crippen LogP contribution < -0.4 is 0 Å². The first-order chi connectivity index (χ1) is 8.83. The Kier molecular flexibility index (Phi) is 5.94. The third kappa shape index (κ3) is 5.28. The summed E-state index contributed by atoms with van der Waals surface area (Å²) in [6.07, 6.45) is 2.71. The van der Waals surface area contributed by atoms with Crippen molar-refractivity contribution in [2.45, 2.75) is 46.6 Å². The van der Waals surface area contributed by atoms with Crippen molar-refractivity contribution in [3.8, 4) is 0 Å². The predicted molar refractivity (Wildman–Crippen MR) is 78.5 cm³/mol. The van der Waals surface area contributed by atoms with Crippen LogP contribution in [0.4, 0.5) is 0 Å². The minimum absolute atomic E-state index is 0.604. The average Bonchev–Trinajstić information content (AvgIpc) is 2.70. The van der Waals surface area contributed by atoms with E-state index in [4.69, 9.17) is 5.11 Å². The van der Waals surface area contributed by atoms with Crippen LogP contribution in [-0.2, 0) is 11.3 Å². The summed E-state index contributed by atoms with van der Waals surface area (Å²) in [6, 6.07) is 0. The predicted octanol–water partition coefficient (Wildman–Crippen LogP) is 3.16. The first kappa shape index (κ1) is 16.1. The molecule has 1 rings (SSSR count). The summed E-state index contributed by atoms with van der Waals surface area (Å²) < 4.78 is 0. The summed E-state index contributed by atoms with van der Waals surface area (Å²) in [5.74, 6) is -0.707. The van der Waals surface area contributed by atoms with Crippen molar-refractivity contribution in [1.29, 1.82) is 0 Å². The van der Waals surface area contributed by atoms with Gasteiger partial charge in [0.05, 0.1) is 16.6 Å². The minimum atomic E-state index is -0.707. The molecule has 5 heteroatoms. The largest absolute Gasteiger partial charge is 0.481 e.